The van der Waals surface area contributed by atoms with Crippen molar-refractivity contribution < 1.29 is 4.79 Å². The van der Waals surface area contributed by atoms with E-state index in [2.05, 4.69) is 51.1 Å². The number of hydrogen-bond donors (Lipinski definition) is 0. The monoisotopic (exact) mass is 240 g/mol. The van der Waals surface area contributed by atoms with E-state index in [-0.39, 0.29) is 5.78 Å². The van der Waals surface area contributed by atoms with Crippen LogP contribution in [0, 0.1) is 0 Å². The Morgan fingerprint density at radius 3 is 2.44 bits per heavy atom. The standard InChI is InChI=1S/C17H20O/c1-5-13-9-16(12(4)18)15-8-6-7-14(11(2)3)10-17(13)15/h6-11H,5H2,1-4H3. The van der Waals surface area contributed by atoms with Crippen LogP contribution >= 0.6 is 0 Å². The lowest BCUT2D eigenvalue weighted by Gasteiger charge is -2.04. The van der Waals surface area contributed by atoms with Gasteiger partial charge in [-0.3, -0.25) is 4.79 Å². The van der Waals surface area contributed by atoms with Crippen molar-refractivity contribution in [3.05, 3.63) is 47.0 Å². The Hall–Kier alpha value is -1.63. The van der Waals surface area contributed by atoms with Crippen molar-refractivity contribution in [2.24, 2.45) is 0 Å². The maximum Gasteiger partial charge on any atom is 0.160 e. The minimum Gasteiger partial charge on any atom is -0.294 e. The van der Waals surface area contributed by atoms with Crippen LogP contribution in [0.25, 0.3) is 11.1 Å². The maximum atomic E-state index is 11.7. The fraction of sp³-hybridized carbons (Fsp3) is 0.353. The van der Waals surface area contributed by atoms with Gasteiger partial charge in [-0.05, 0) is 47.6 Å². The van der Waals surface area contributed by atoms with Crippen LogP contribution in [0.3, 0.4) is 0 Å². The summed E-state index contributed by atoms with van der Waals surface area (Å²) >= 11 is 0. The zero-order valence-corrected chi connectivity index (χ0v) is 11.6. The minimum absolute atomic E-state index is 0.150. The molecule has 0 amide bonds. The topological polar surface area (TPSA) is 17.1 Å². The van der Waals surface area contributed by atoms with Gasteiger partial charge in [0.2, 0.25) is 0 Å². The van der Waals surface area contributed by atoms with Gasteiger partial charge in [0.05, 0.1) is 0 Å². The first-order valence-electron chi connectivity index (χ1n) is 6.61. The smallest absolute Gasteiger partial charge is 0.160 e. The van der Waals surface area contributed by atoms with Crippen LogP contribution in [0.2, 0.25) is 0 Å². The van der Waals surface area contributed by atoms with Crippen LogP contribution in [-0.4, -0.2) is 5.78 Å². The highest BCUT2D eigenvalue weighted by molar-refractivity contribution is 6.03. The van der Waals surface area contributed by atoms with Crippen LogP contribution in [0.1, 0.15) is 55.1 Å². The van der Waals surface area contributed by atoms with Crippen molar-refractivity contribution in [2.45, 2.75) is 40.0 Å². The van der Waals surface area contributed by atoms with Crippen molar-refractivity contribution in [2.75, 3.05) is 0 Å². The molecule has 2 rings (SSSR count). The van der Waals surface area contributed by atoms with Crippen molar-refractivity contribution >= 4 is 5.78 Å². The van der Waals surface area contributed by atoms with E-state index >= 15 is 0 Å². The van der Waals surface area contributed by atoms with Crippen LogP contribution in [0.5, 0.6) is 0 Å². The Morgan fingerprint density at radius 1 is 1.17 bits per heavy atom. The summed E-state index contributed by atoms with van der Waals surface area (Å²) in [6, 6.07) is 10.6. The first-order chi connectivity index (χ1) is 8.54. The van der Waals surface area contributed by atoms with Crippen LogP contribution in [0.4, 0.5) is 0 Å². The molecule has 0 radical (unpaired) electrons. The summed E-state index contributed by atoms with van der Waals surface area (Å²) in [6.07, 6.45) is 0.964. The average molecular weight is 240 g/mol. The van der Waals surface area contributed by atoms with Gasteiger partial charge in [0.25, 0.3) is 0 Å². The first kappa shape index (κ1) is 12.8. The van der Waals surface area contributed by atoms with E-state index in [4.69, 9.17) is 0 Å². The maximum absolute atomic E-state index is 11.7. The van der Waals surface area contributed by atoms with Crippen LogP contribution in [-0.2, 0) is 6.42 Å². The molecule has 0 spiro atoms. The average Bonchev–Trinajstić information content (AvgIpc) is 2.52. The summed E-state index contributed by atoms with van der Waals surface area (Å²) < 4.78 is 0. The van der Waals surface area contributed by atoms with E-state index in [0.717, 1.165) is 17.5 Å². The van der Waals surface area contributed by atoms with Crippen molar-refractivity contribution in [1.82, 2.24) is 0 Å². The normalized spacial score (nSPS) is 11.2. The minimum atomic E-state index is 0.150. The molecule has 0 saturated heterocycles. The molecule has 0 aliphatic heterocycles. The highest BCUT2D eigenvalue weighted by atomic mass is 16.1. The summed E-state index contributed by atoms with van der Waals surface area (Å²) in [5.41, 5.74) is 5.77. The third-order valence-corrected chi connectivity index (χ3v) is 3.53. The van der Waals surface area contributed by atoms with E-state index in [0.29, 0.717) is 5.92 Å². The molecule has 18 heavy (non-hydrogen) atoms. The number of rotatable bonds is 3. The Balaban J connectivity index is 2.71. The van der Waals surface area contributed by atoms with Gasteiger partial charge < -0.3 is 0 Å². The molecule has 2 aliphatic rings. The SMILES string of the molecule is CCc1cc(C(C)=O)c2cccc(C(C)C)cc1-2. The second kappa shape index (κ2) is 4.93. The molecule has 0 N–H and O–H groups in total. The van der Waals surface area contributed by atoms with E-state index in [9.17, 15) is 4.79 Å². The Morgan fingerprint density at radius 2 is 1.89 bits per heavy atom. The van der Waals surface area contributed by atoms with Crippen molar-refractivity contribution in [3.8, 4) is 11.1 Å². The van der Waals surface area contributed by atoms with Crippen molar-refractivity contribution in [1.29, 1.82) is 0 Å². The van der Waals surface area contributed by atoms with Crippen molar-refractivity contribution in [3.63, 3.8) is 0 Å². The molecule has 0 aromatic heterocycles. The molecule has 0 atom stereocenters. The molecule has 94 valence electrons. The third kappa shape index (κ3) is 2.17. The predicted molar refractivity (Wildman–Crippen MR) is 76.5 cm³/mol. The van der Waals surface area contributed by atoms with Gasteiger partial charge in [-0.15, -0.1) is 0 Å². The first-order valence-corrected chi connectivity index (χ1v) is 6.61. The molecule has 0 fully saturated rings. The van der Waals surface area contributed by atoms with Gasteiger partial charge in [-0.1, -0.05) is 45.0 Å². The van der Waals surface area contributed by atoms with Gasteiger partial charge in [0.1, 0.15) is 0 Å². The fourth-order valence-corrected chi connectivity index (χ4v) is 2.41. The Kier molecular flexibility index (Phi) is 3.51. The molecule has 2 aliphatic carbocycles. The number of carbonyl (C=O) groups excluding carboxylic acids is 1. The van der Waals surface area contributed by atoms with Crippen LogP contribution < -0.4 is 0 Å². The number of ketones is 1. The van der Waals surface area contributed by atoms with E-state index in [1.807, 2.05) is 0 Å². The Labute approximate surface area is 109 Å². The summed E-state index contributed by atoms with van der Waals surface area (Å²) in [4.78, 5) is 11.7. The van der Waals surface area contributed by atoms with Gasteiger partial charge in [0.15, 0.2) is 5.78 Å². The zero-order valence-electron chi connectivity index (χ0n) is 11.6. The summed E-state index contributed by atoms with van der Waals surface area (Å²) in [5.74, 6) is 0.651. The highest BCUT2D eigenvalue weighted by Gasteiger charge is 2.17. The van der Waals surface area contributed by atoms with E-state index < -0.39 is 0 Å². The molecule has 1 nitrogen and oxygen atoms in total. The molecule has 0 saturated carbocycles. The number of carbonyl (C=O) groups is 1. The highest BCUT2D eigenvalue weighted by Crippen LogP contribution is 2.34. The van der Waals surface area contributed by atoms with Gasteiger partial charge >= 0.3 is 0 Å². The fourth-order valence-electron chi connectivity index (χ4n) is 2.41. The molecule has 0 aromatic rings. The summed E-state index contributed by atoms with van der Waals surface area (Å²) in [6.45, 7) is 8.18. The van der Waals surface area contributed by atoms with Gasteiger partial charge in [-0.25, -0.2) is 0 Å². The second-order valence-electron chi connectivity index (χ2n) is 5.15. The lowest BCUT2D eigenvalue weighted by Crippen LogP contribution is -1.89. The molecule has 0 unspecified atom stereocenters. The van der Waals surface area contributed by atoms with E-state index in [1.165, 1.54) is 16.7 Å². The lowest BCUT2D eigenvalue weighted by atomic mass is 10.0. The number of hydrogen-bond acceptors (Lipinski definition) is 1. The molecular formula is C17H20O. The van der Waals surface area contributed by atoms with Gasteiger partial charge in [0, 0.05) is 5.56 Å². The third-order valence-electron chi connectivity index (χ3n) is 3.53. The van der Waals surface area contributed by atoms with Crippen LogP contribution in [0.15, 0.2) is 30.3 Å². The lowest BCUT2D eigenvalue weighted by molar-refractivity contribution is 0.101. The second-order valence-corrected chi connectivity index (χ2v) is 5.15. The molecule has 0 aromatic carbocycles. The molecule has 1 heteroatoms. The predicted octanol–water partition coefficient (Wildman–Crippen LogP) is 4.68. The summed E-state index contributed by atoms with van der Waals surface area (Å²) in [5, 5.41) is 0. The largest absolute Gasteiger partial charge is 0.294 e. The Bertz CT molecular complexity index is 552. The molecular weight excluding hydrogens is 220 g/mol. The number of aryl methyl sites for hydroxylation is 1. The molecule has 0 heterocycles. The van der Waals surface area contributed by atoms with Gasteiger partial charge in [-0.2, -0.15) is 0 Å². The molecule has 0 bridgehead atoms. The number of Topliss-reactive ketones (excluding diaryl/α,β-unsaturated/α-hetero) is 1. The zero-order chi connectivity index (χ0) is 13.3. The summed E-state index contributed by atoms with van der Waals surface area (Å²) in [7, 11) is 0. The van der Waals surface area contributed by atoms with E-state index in [1.54, 1.807) is 6.92 Å². The quantitative estimate of drug-likeness (QED) is 0.712. The number of fused-ring (bicyclic) bond motifs is 1.